The molecule has 2 rings (SSSR count). The van der Waals surface area contributed by atoms with E-state index in [1.807, 2.05) is 0 Å². The molecule has 0 aliphatic carbocycles. The molecule has 0 saturated heterocycles. The Kier molecular flexibility index (Phi) is 5.69. The van der Waals surface area contributed by atoms with Gasteiger partial charge in [-0.3, -0.25) is 0 Å². The average Bonchev–Trinajstić information content (AvgIpc) is 2.44. The molecule has 0 saturated carbocycles. The van der Waals surface area contributed by atoms with Gasteiger partial charge in [0.1, 0.15) is 0 Å². The summed E-state index contributed by atoms with van der Waals surface area (Å²) < 4.78 is 0. The van der Waals surface area contributed by atoms with E-state index in [1.165, 1.54) is 33.5 Å². The standard InChI is InChI=1S/C19H24ClN/c1-14-10-15(2)19(16(3)11-14)13-21-18-8-4-6-17(12-18)7-5-9-20/h4,6,8,10-12,21H,5,7,9,13H2,1-3H3. The maximum Gasteiger partial charge on any atom is 0.0406 e. The van der Waals surface area contributed by atoms with E-state index in [4.69, 9.17) is 11.6 Å². The monoisotopic (exact) mass is 301 g/mol. The molecule has 1 N–H and O–H groups in total. The lowest BCUT2D eigenvalue weighted by Gasteiger charge is -2.14. The largest absolute Gasteiger partial charge is 0.381 e. The normalized spacial score (nSPS) is 10.7. The number of anilines is 1. The first-order valence-corrected chi connectivity index (χ1v) is 8.09. The van der Waals surface area contributed by atoms with Gasteiger partial charge in [0.05, 0.1) is 0 Å². The fourth-order valence-electron chi connectivity index (χ4n) is 2.79. The Morgan fingerprint density at radius 1 is 1.00 bits per heavy atom. The summed E-state index contributed by atoms with van der Waals surface area (Å²) in [7, 11) is 0. The van der Waals surface area contributed by atoms with E-state index in [9.17, 15) is 0 Å². The van der Waals surface area contributed by atoms with E-state index in [-0.39, 0.29) is 0 Å². The van der Waals surface area contributed by atoms with Crippen molar-refractivity contribution in [1.82, 2.24) is 0 Å². The summed E-state index contributed by atoms with van der Waals surface area (Å²) in [5.74, 6) is 0.722. The summed E-state index contributed by atoms with van der Waals surface area (Å²) in [6.07, 6.45) is 2.07. The van der Waals surface area contributed by atoms with E-state index in [0.717, 1.165) is 25.3 Å². The van der Waals surface area contributed by atoms with Gasteiger partial charge in [-0.25, -0.2) is 0 Å². The molecule has 2 aromatic rings. The van der Waals surface area contributed by atoms with Crippen molar-refractivity contribution in [1.29, 1.82) is 0 Å². The van der Waals surface area contributed by atoms with Crippen molar-refractivity contribution in [3.63, 3.8) is 0 Å². The topological polar surface area (TPSA) is 12.0 Å². The lowest BCUT2D eigenvalue weighted by Crippen LogP contribution is -2.04. The molecular formula is C19H24ClN. The molecule has 112 valence electrons. The Balaban J connectivity index is 2.06. The number of benzene rings is 2. The second kappa shape index (κ2) is 7.51. The van der Waals surface area contributed by atoms with E-state index < -0.39 is 0 Å². The third-order valence-corrected chi connectivity index (χ3v) is 4.10. The second-order valence-corrected chi connectivity index (χ2v) is 6.10. The van der Waals surface area contributed by atoms with Crippen molar-refractivity contribution in [2.75, 3.05) is 11.2 Å². The smallest absolute Gasteiger partial charge is 0.0406 e. The van der Waals surface area contributed by atoms with Gasteiger partial charge in [0.25, 0.3) is 0 Å². The molecule has 0 heterocycles. The summed E-state index contributed by atoms with van der Waals surface area (Å²) in [6, 6.07) is 13.1. The Bertz CT molecular complexity index is 581. The van der Waals surface area contributed by atoms with E-state index >= 15 is 0 Å². The van der Waals surface area contributed by atoms with Gasteiger partial charge in [0, 0.05) is 18.1 Å². The molecule has 0 bridgehead atoms. The number of aryl methyl sites for hydroxylation is 4. The Morgan fingerprint density at radius 3 is 2.38 bits per heavy atom. The van der Waals surface area contributed by atoms with Gasteiger partial charge in [-0.1, -0.05) is 29.8 Å². The highest BCUT2D eigenvalue weighted by Crippen LogP contribution is 2.19. The highest BCUT2D eigenvalue weighted by molar-refractivity contribution is 6.17. The van der Waals surface area contributed by atoms with Gasteiger partial charge in [-0.2, -0.15) is 0 Å². The molecule has 0 aromatic heterocycles. The van der Waals surface area contributed by atoms with Crippen LogP contribution < -0.4 is 5.32 Å². The molecule has 0 fully saturated rings. The van der Waals surface area contributed by atoms with Crippen LogP contribution in [0.1, 0.15) is 34.2 Å². The Morgan fingerprint density at radius 2 is 1.71 bits per heavy atom. The van der Waals surface area contributed by atoms with Gasteiger partial charge < -0.3 is 5.32 Å². The van der Waals surface area contributed by atoms with Crippen LogP contribution in [0.15, 0.2) is 36.4 Å². The Hall–Kier alpha value is -1.47. The van der Waals surface area contributed by atoms with Crippen LogP contribution in [-0.2, 0) is 13.0 Å². The van der Waals surface area contributed by atoms with Gasteiger partial charge in [0.15, 0.2) is 0 Å². The zero-order chi connectivity index (χ0) is 15.2. The summed E-state index contributed by atoms with van der Waals surface area (Å²) in [5.41, 5.74) is 7.97. The predicted molar refractivity (Wildman–Crippen MR) is 93.5 cm³/mol. The zero-order valence-corrected chi connectivity index (χ0v) is 13.9. The molecular weight excluding hydrogens is 278 g/mol. The average molecular weight is 302 g/mol. The van der Waals surface area contributed by atoms with Crippen molar-refractivity contribution >= 4 is 17.3 Å². The first-order chi connectivity index (χ1) is 10.1. The number of halogens is 1. The van der Waals surface area contributed by atoms with E-state index in [1.54, 1.807) is 0 Å². The van der Waals surface area contributed by atoms with Crippen molar-refractivity contribution < 1.29 is 0 Å². The predicted octanol–water partition coefficient (Wildman–Crippen LogP) is 5.40. The maximum absolute atomic E-state index is 5.76. The molecule has 2 heteroatoms. The zero-order valence-electron chi connectivity index (χ0n) is 13.2. The van der Waals surface area contributed by atoms with Crippen LogP contribution in [0.3, 0.4) is 0 Å². The van der Waals surface area contributed by atoms with Gasteiger partial charge >= 0.3 is 0 Å². The van der Waals surface area contributed by atoms with Gasteiger partial charge in [-0.15, -0.1) is 11.6 Å². The van der Waals surface area contributed by atoms with Crippen LogP contribution in [0.2, 0.25) is 0 Å². The van der Waals surface area contributed by atoms with Crippen molar-refractivity contribution in [3.05, 3.63) is 64.2 Å². The molecule has 0 aliphatic heterocycles. The number of nitrogens with one attached hydrogen (secondary N) is 1. The molecule has 21 heavy (non-hydrogen) atoms. The minimum absolute atomic E-state index is 0.722. The molecule has 0 atom stereocenters. The number of hydrogen-bond acceptors (Lipinski definition) is 1. The summed E-state index contributed by atoms with van der Waals surface area (Å²) in [6.45, 7) is 7.40. The maximum atomic E-state index is 5.76. The van der Waals surface area contributed by atoms with Crippen molar-refractivity contribution in [3.8, 4) is 0 Å². The fourth-order valence-corrected chi connectivity index (χ4v) is 2.92. The van der Waals surface area contributed by atoms with Crippen molar-refractivity contribution in [2.45, 2.75) is 40.2 Å². The molecule has 1 nitrogen and oxygen atoms in total. The second-order valence-electron chi connectivity index (χ2n) is 5.72. The van der Waals surface area contributed by atoms with Crippen LogP contribution in [0, 0.1) is 20.8 Å². The third kappa shape index (κ3) is 4.50. The molecule has 0 spiro atoms. The van der Waals surface area contributed by atoms with Gasteiger partial charge in [0.2, 0.25) is 0 Å². The SMILES string of the molecule is Cc1cc(C)c(CNc2cccc(CCCCl)c2)c(C)c1. The summed E-state index contributed by atoms with van der Waals surface area (Å²) in [5, 5.41) is 3.55. The highest BCUT2D eigenvalue weighted by Gasteiger charge is 2.04. The first kappa shape index (κ1) is 15.9. The summed E-state index contributed by atoms with van der Waals surface area (Å²) in [4.78, 5) is 0. The summed E-state index contributed by atoms with van der Waals surface area (Å²) >= 11 is 5.76. The number of hydrogen-bond donors (Lipinski definition) is 1. The quantitative estimate of drug-likeness (QED) is 0.705. The lowest BCUT2D eigenvalue weighted by molar-refractivity contribution is 0.928. The third-order valence-electron chi connectivity index (χ3n) is 3.84. The molecule has 2 aromatic carbocycles. The van der Waals surface area contributed by atoms with Crippen LogP contribution in [0.25, 0.3) is 0 Å². The van der Waals surface area contributed by atoms with E-state index in [2.05, 4.69) is 62.5 Å². The number of alkyl halides is 1. The molecule has 0 radical (unpaired) electrons. The van der Waals surface area contributed by atoms with E-state index in [0.29, 0.717) is 0 Å². The minimum Gasteiger partial charge on any atom is -0.381 e. The van der Waals surface area contributed by atoms with Crippen LogP contribution in [0.5, 0.6) is 0 Å². The molecule has 0 amide bonds. The fraction of sp³-hybridized carbons (Fsp3) is 0.368. The van der Waals surface area contributed by atoms with Crippen LogP contribution in [-0.4, -0.2) is 5.88 Å². The van der Waals surface area contributed by atoms with Crippen LogP contribution >= 0.6 is 11.6 Å². The first-order valence-electron chi connectivity index (χ1n) is 7.55. The highest BCUT2D eigenvalue weighted by atomic mass is 35.5. The van der Waals surface area contributed by atoms with Crippen molar-refractivity contribution in [2.24, 2.45) is 0 Å². The van der Waals surface area contributed by atoms with Crippen LogP contribution in [0.4, 0.5) is 5.69 Å². The number of rotatable bonds is 6. The molecule has 0 unspecified atom stereocenters. The van der Waals surface area contributed by atoms with Gasteiger partial charge in [-0.05, 0) is 68.0 Å². The minimum atomic E-state index is 0.722. The Labute approximate surface area is 133 Å². The molecule has 0 aliphatic rings. The lowest BCUT2D eigenvalue weighted by atomic mass is 10.00.